The topological polar surface area (TPSA) is 0 Å². The summed E-state index contributed by atoms with van der Waals surface area (Å²) >= 11 is 0. The largest absolute Gasteiger partial charge is 0.0848 e. The Morgan fingerprint density at radius 2 is 0.923 bits per heavy atom. The summed E-state index contributed by atoms with van der Waals surface area (Å²) in [7, 11) is 0. The third-order valence-corrected chi connectivity index (χ3v) is 11.9. The quantitative estimate of drug-likeness (QED) is 0.349. The SMILES string of the molecule is C1=CC2CC1C1C3CCC(C3)C21.CC1C(C)C2CC1C1C3CCC(C3)C21. The van der Waals surface area contributed by atoms with Crippen LogP contribution in [0.5, 0.6) is 0 Å². The van der Waals surface area contributed by atoms with Crippen LogP contribution in [-0.2, 0) is 0 Å². The molecule has 7 saturated carbocycles. The van der Waals surface area contributed by atoms with Gasteiger partial charge in [-0.1, -0.05) is 26.0 Å². The molecule has 0 N–H and O–H groups in total. The molecule has 0 aliphatic heterocycles. The van der Waals surface area contributed by atoms with Gasteiger partial charge in [0.25, 0.3) is 0 Å². The molecule has 14 unspecified atom stereocenters. The molecule has 8 aliphatic rings. The Bertz CT molecular complexity index is 582. The van der Waals surface area contributed by atoms with E-state index in [2.05, 4.69) is 26.0 Å². The monoisotopic (exact) mass is 350 g/mol. The van der Waals surface area contributed by atoms with Gasteiger partial charge in [-0.05, 0) is 134 Å². The van der Waals surface area contributed by atoms with Crippen LogP contribution in [0.4, 0.5) is 0 Å². The maximum Gasteiger partial charge on any atom is -0.0194 e. The highest BCUT2D eigenvalue weighted by molar-refractivity contribution is 5.19. The minimum Gasteiger partial charge on any atom is -0.0848 e. The molecule has 7 fully saturated rings. The van der Waals surface area contributed by atoms with Crippen LogP contribution < -0.4 is 0 Å². The summed E-state index contributed by atoms with van der Waals surface area (Å²) in [5.41, 5.74) is 0. The van der Waals surface area contributed by atoms with Crippen molar-refractivity contribution in [1.29, 1.82) is 0 Å². The van der Waals surface area contributed by atoms with E-state index >= 15 is 0 Å². The van der Waals surface area contributed by atoms with E-state index in [1.807, 2.05) is 0 Å². The molecule has 0 radical (unpaired) electrons. The van der Waals surface area contributed by atoms with Gasteiger partial charge in [-0.2, -0.15) is 0 Å². The number of hydrogen-bond donors (Lipinski definition) is 0. The van der Waals surface area contributed by atoms with Gasteiger partial charge in [0.1, 0.15) is 0 Å². The molecule has 142 valence electrons. The highest BCUT2D eigenvalue weighted by atomic mass is 14.7. The Balaban J connectivity index is 0.0000000995. The first-order valence-electron chi connectivity index (χ1n) is 12.4. The van der Waals surface area contributed by atoms with E-state index in [-0.39, 0.29) is 0 Å². The van der Waals surface area contributed by atoms with E-state index in [0.717, 1.165) is 59.2 Å². The lowest BCUT2D eigenvalue weighted by Gasteiger charge is -2.41. The van der Waals surface area contributed by atoms with Crippen LogP contribution in [0.1, 0.15) is 65.2 Å². The summed E-state index contributed by atoms with van der Waals surface area (Å²) in [6.07, 6.45) is 17.8. The van der Waals surface area contributed by atoms with Crippen LogP contribution in [0.25, 0.3) is 0 Å². The van der Waals surface area contributed by atoms with Crippen molar-refractivity contribution in [2.75, 3.05) is 0 Å². The van der Waals surface area contributed by atoms with Crippen molar-refractivity contribution in [3.8, 4) is 0 Å². The van der Waals surface area contributed by atoms with Crippen molar-refractivity contribution in [3.05, 3.63) is 12.2 Å². The third-order valence-electron chi connectivity index (χ3n) is 11.9. The molecule has 0 nitrogen and oxygen atoms in total. The molecule has 26 heavy (non-hydrogen) atoms. The number of hydrogen-bond acceptors (Lipinski definition) is 0. The molecule has 8 rings (SSSR count). The standard InChI is InChI=1S/C14H22.C12H16/c1-7-8(2)12-6-11(7)13-9-3-4-10(5-9)14(12)13;1-2-8-5-7(1)11-9-3-4-10(6-9)12(8)11/h7-14H,3-6H2,1-2H3;1-2,7-12H,3-6H2. The van der Waals surface area contributed by atoms with Crippen molar-refractivity contribution in [2.24, 2.45) is 82.9 Å². The van der Waals surface area contributed by atoms with E-state index in [4.69, 9.17) is 0 Å². The van der Waals surface area contributed by atoms with Gasteiger partial charge in [0.05, 0.1) is 0 Å². The molecular weight excluding hydrogens is 312 g/mol. The van der Waals surface area contributed by atoms with E-state index in [0.29, 0.717) is 0 Å². The Labute approximate surface area is 160 Å². The second-order valence-corrected chi connectivity index (χ2v) is 12.2. The average molecular weight is 351 g/mol. The van der Waals surface area contributed by atoms with Crippen molar-refractivity contribution in [2.45, 2.75) is 65.2 Å². The number of rotatable bonds is 0. The van der Waals surface area contributed by atoms with E-state index in [1.54, 1.807) is 44.9 Å². The fraction of sp³-hybridized carbons (Fsp3) is 0.923. The molecule has 0 heteroatoms. The normalized spacial score (nSPS) is 67.0. The summed E-state index contributed by atoms with van der Waals surface area (Å²) < 4.78 is 0. The first kappa shape index (κ1) is 15.6. The predicted molar refractivity (Wildman–Crippen MR) is 106 cm³/mol. The van der Waals surface area contributed by atoms with E-state index < -0.39 is 0 Å². The van der Waals surface area contributed by atoms with Crippen LogP contribution in [0, 0.1) is 82.9 Å². The summed E-state index contributed by atoms with van der Waals surface area (Å²) in [5.74, 6) is 15.8. The van der Waals surface area contributed by atoms with Gasteiger partial charge in [-0.3, -0.25) is 0 Å². The van der Waals surface area contributed by atoms with Gasteiger partial charge in [0, 0.05) is 0 Å². The van der Waals surface area contributed by atoms with Gasteiger partial charge in [-0.25, -0.2) is 0 Å². The highest BCUT2D eigenvalue weighted by Gasteiger charge is 2.63. The molecule has 0 saturated heterocycles. The molecular formula is C26H38. The second kappa shape index (κ2) is 5.21. The van der Waals surface area contributed by atoms with E-state index in [1.165, 1.54) is 30.1 Å². The van der Waals surface area contributed by atoms with Crippen LogP contribution in [0.2, 0.25) is 0 Å². The van der Waals surface area contributed by atoms with Crippen LogP contribution >= 0.6 is 0 Å². The lowest BCUT2D eigenvalue weighted by molar-refractivity contribution is 0.0716. The molecule has 8 bridgehead atoms. The van der Waals surface area contributed by atoms with Crippen molar-refractivity contribution >= 4 is 0 Å². The molecule has 0 aromatic carbocycles. The van der Waals surface area contributed by atoms with Crippen molar-refractivity contribution in [1.82, 2.24) is 0 Å². The maximum absolute atomic E-state index is 2.54. The molecule has 0 spiro atoms. The van der Waals surface area contributed by atoms with Crippen LogP contribution in [0.15, 0.2) is 12.2 Å². The Hall–Kier alpha value is -0.260. The second-order valence-electron chi connectivity index (χ2n) is 12.2. The molecule has 0 aromatic rings. The van der Waals surface area contributed by atoms with E-state index in [9.17, 15) is 0 Å². The molecule has 0 heterocycles. The fourth-order valence-corrected chi connectivity index (χ4v) is 11.2. The molecule has 0 aromatic heterocycles. The minimum atomic E-state index is 1.02. The Kier molecular flexibility index (Phi) is 3.13. The van der Waals surface area contributed by atoms with Gasteiger partial charge >= 0.3 is 0 Å². The van der Waals surface area contributed by atoms with Crippen molar-refractivity contribution in [3.63, 3.8) is 0 Å². The minimum absolute atomic E-state index is 1.02. The summed E-state index contributed by atoms with van der Waals surface area (Å²) in [6, 6.07) is 0. The first-order chi connectivity index (χ1) is 12.7. The van der Waals surface area contributed by atoms with Gasteiger partial charge in [0.2, 0.25) is 0 Å². The maximum atomic E-state index is 2.54. The molecule has 14 atom stereocenters. The fourth-order valence-electron chi connectivity index (χ4n) is 11.2. The Morgan fingerprint density at radius 1 is 0.500 bits per heavy atom. The summed E-state index contributed by atoms with van der Waals surface area (Å²) in [5, 5.41) is 0. The lowest BCUT2D eigenvalue weighted by Crippen LogP contribution is -2.35. The number of fused-ring (bicyclic) bond motifs is 18. The average Bonchev–Trinajstić information content (AvgIpc) is 3.48. The molecule has 0 amide bonds. The zero-order valence-corrected chi connectivity index (χ0v) is 16.9. The molecule has 8 aliphatic carbocycles. The van der Waals surface area contributed by atoms with Crippen LogP contribution in [-0.4, -0.2) is 0 Å². The van der Waals surface area contributed by atoms with Gasteiger partial charge < -0.3 is 0 Å². The van der Waals surface area contributed by atoms with Gasteiger partial charge in [-0.15, -0.1) is 0 Å². The Morgan fingerprint density at radius 3 is 1.38 bits per heavy atom. The summed E-state index contributed by atoms with van der Waals surface area (Å²) in [6.45, 7) is 5.08. The summed E-state index contributed by atoms with van der Waals surface area (Å²) in [4.78, 5) is 0. The third kappa shape index (κ3) is 1.79. The van der Waals surface area contributed by atoms with Crippen molar-refractivity contribution < 1.29 is 0 Å². The first-order valence-corrected chi connectivity index (χ1v) is 12.4. The van der Waals surface area contributed by atoms with Gasteiger partial charge in [0.15, 0.2) is 0 Å². The zero-order chi connectivity index (χ0) is 17.2. The van der Waals surface area contributed by atoms with Crippen LogP contribution in [0.3, 0.4) is 0 Å². The number of allylic oxidation sites excluding steroid dienone is 2. The smallest absolute Gasteiger partial charge is 0.0194 e. The lowest BCUT2D eigenvalue weighted by atomic mass is 9.64. The predicted octanol–water partition coefficient (Wildman–Crippen LogP) is 6.43. The zero-order valence-electron chi connectivity index (χ0n) is 16.9. The highest BCUT2D eigenvalue weighted by Crippen LogP contribution is 2.70.